The molecule has 0 bridgehead atoms. The molecule has 3 atom stereocenters. The SMILES string of the molecule is O=[N+]([O-])c1ccc([C@@H]2C[C@@H]3CNC[C@H]32)cc1. The van der Waals surface area contributed by atoms with Crippen molar-refractivity contribution in [1.82, 2.24) is 5.32 Å². The first-order chi connectivity index (χ1) is 7.75. The molecule has 84 valence electrons. The van der Waals surface area contributed by atoms with Crippen molar-refractivity contribution in [3.63, 3.8) is 0 Å². The van der Waals surface area contributed by atoms with E-state index in [-0.39, 0.29) is 10.6 Å². The first kappa shape index (κ1) is 9.78. The molecule has 1 aromatic carbocycles. The summed E-state index contributed by atoms with van der Waals surface area (Å²) in [6.45, 7) is 2.25. The number of hydrogen-bond acceptors (Lipinski definition) is 3. The van der Waals surface area contributed by atoms with Gasteiger partial charge in [-0.25, -0.2) is 0 Å². The summed E-state index contributed by atoms with van der Waals surface area (Å²) < 4.78 is 0. The van der Waals surface area contributed by atoms with Gasteiger partial charge in [0.2, 0.25) is 0 Å². The number of benzene rings is 1. The topological polar surface area (TPSA) is 55.2 Å². The fourth-order valence-electron chi connectivity index (χ4n) is 3.01. The summed E-state index contributed by atoms with van der Waals surface area (Å²) in [6, 6.07) is 7.06. The quantitative estimate of drug-likeness (QED) is 0.609. The number of nitrogens with zero attached hydrogens (tertiary/aromatic N) is 1. The average molecular weight is 218 g/mol. The second kappa shape index (κ2) is 3.56. The molecule has 0 amide bonds. The van der Waals surface area contributed by atoms with Crippen molar-refractivity contribution in [1.29, 1.82) is 0 Å². The van der Waals surface area contributed by atoms with E-state index >= 15 is 0 Å². The van der Waals surface area contributed by atoms with Gasteiger partial charge in [0.1, 0.15) is 0 Å². The zero-order chi connectivity index (χ0) is 11.1. The molecule has 2 fully saturated rings. The van der Waals surface area contributed by atoms with Gasteiger partial charge in [-0.05, 0) is 42.8 Å². The van der Waals surface area contributed by atoms with Gasteiger partial charge >= 0.3 is 0 Å². The van der Waals surface area contributed by atoms with Gasteiger partial charge < -0.3 is 5.32 Å². The highest BCUT2D eigenvalue weighted by Crippen LogP contribution is 2.49. The Hall–Kier alpha value is -1.42. The third-order valence-corrected chi connectivity index (χ3v) is 4.00. The Bertz CT molecular complexity index is 416. The van der Waals surface area contributed by atoms with E-state index in [1.165, 1.54) is 12.0 Å². The van der Waals surface area contributed by atoms with Crippen LogP contribution in [0.1, 0.15) is 17.9 Å². The molecule has 0 unspecified atom stereocenters. The van der Waals surface area contributed by atoms with Crippen LogP contribution in [0.3, 0.4) is 0 Å². The van der Waals surface area contributed by atoms with E-state index in [1.54, 1.807) is 12.1 Å². The van der Waals surface area contributed by atoms with E-state index in [2.05, 4.69) is 5.32 Å². The molecule has 0 spiro atoms. The third kappa shape index (κ3) is 1.41. The fourth-order valence-corrected chi connectivity index (χ4v) is 3.01. The summed E-state index contributed by atoms with van der Waals surface area (Å²) in [5.74, 6) is 2.20. The zero-order valence-electron chi connectivity index (χ0n) is 8.93. The highest BCUT2D eigenvalue weighted by atomic mass is 16.6. The molecule has 1 aliphatic heterocycles. The molecule has 4 heteroatoms. The lowest BCUT2D eigenvalue weighted by atomic mass is 9.64. The van der Waals surface area contributed by atoms with E-state index < -0.39 is 0 Å². The largest absolute Gasteiger partial charge is 0.316 e. The minimum atomic E-state index is -0.343. The molecule has 4 nitrogen and oxygen atoms in total. The maximum atomic E-state index is 10.5. The predicted octanol–water partition coefficient (Wildman–Crippen LogP) is 1.92. The Morgan fingerprint density at radius 3 is 2.62 bits per heavy atom. The fraction of sp³-hybridized carbons (Fsp3) is 0.500. The highest BCUT2D eigenvalue weighted by molar-refractivity contribution is 5.36. The van der Waals surface area contributed by atoms with Crippen LogP contribution in [0, 0.1) is 22.0 Å². The van der Waals surface area contributed by atoms with Gasteiger partial charge in [0, 0.05) is 12.1 Å². The lowest BCUT2D eigenvalue weighted by Gasteiger charge is -2.40. The van der Waals surface area contributed by atoms with Gasteiger partial charge in [-0.1, -0.05) is 12.1 Å². The summed E-state index contributed by atoms with van der Waals surface area (Å²) >= 11 is 0. The van der Waals surface area contributed by atoms with Gasteiger partial charge in [-0.2, -0.15) is 0 Å². The van der Waals surface area contributed by atoms with Crippen LogP contribution in [0.2, 0.25) is 0 Å². The maximum Gasteiger partial charge on any atom is 0.269 e. The van der Waals surface area contributed by atoms with Crippen LogP contribution in [0.25, 0.3) is 0 Å². The Labute approximate surface area is 93.8 Å². The Morgan fingerprint density at radius 1 is 1.25 bits per heavy atom. The van der Waals surface area contributed by atoms with Crippen LogP contribution in [0.15, 0.2) is 24.3 Å². The number of nitro benzene ring substituents is 1. The maximum absolute atomic E-state index is 10.5. The zero-order valence-corrected chi connectivity index (χ0v) is 8.93. The van der Waals surface area contributed by atoms with Crippen LogP contribution in [-0.4, -0.2) is 18.0 Å². The molecular formula is C12H14N2O2. The van der Waals surface area contributed by atoms with Gasteiger partial charge in [0.05, 0.1) is 4.92 Å². The smallest absolute Gasteiger partial charge is 0.269 e. The second-order valence-electron chi connectivity index (χ2n) is 4.77. The molecule has 1 N–H and O–H groups in total. The first-order valence-electron chi connectivity index (χ1n) is 5.71. The lowest BCUT2D eigenvalue weighted by Crippen LogP contribution is -2.33. The number of fused-ring (bicyclic) bond motifs is 1. The molecule has 2 aliphatic rings. The van der Waals surface area contributed by atoms with Crippen LogP contribution < -0.4 is 5.32 Å². The van der Waals surface area contributed by atoms with Crippen molar-refractivity contribution in [2.24, 2.45) is 11.8 Å². The number of non-ortho nitro benzene ring substituents is 1. The Balaban J connectivity index is 1.78. The number of nitrogens with one attached hydrogen (secondary N) is 1. The first-order valence-corrected chi connectivity index (χ1v) is 5.71. The average Bonchev–Trinajstić information content (AvgIpc) is 2.61. The van der Waals surface area contributed by atoms with E-state index in [9.17, 15) is 10.1 Å². The molecule has 1 heterocycles. The second-order valence-corrected chi connectivity index (χ2v) is 4.77. The number of nitro groups is 1. The van der Waals surface area contributed by atoms with Crippen molar-refractivity contribution in [3.05, 3.63) is 39.9 Å². The summed E-state index contributed by atoms with van der Waals surface area (Å²) in [4.78, 5) is 10.2. The molecule has 1 aromatic rings. The minimum absolute atomic E-state index is 0.184. The van der Waals surface area contributed by atoms with Crippen LogP contribution in [0.5, 0.6) is 0 Å². The molecule has 3 rings (SSSR count). The number of rotatable bonds is 2. The van der Waals surface area contributed by atoms with Gasteiger partial charge in [-0.15, -0.1) is 0 Å². The van der Waals surface area contributed by atoms with Gasteiger partial charge in [0.25, 0.3) is 5.69 Å². The Kier molecular flexibility index (Phi) is 2.17. The van der Waals surface area contributed by atoms with Gasteiger partial charge in [-0.3, -0.25) is 10.1 Å². The molecule has 16 heavy (non-hydrogen) atoms. The minimum Gasteiger partial charge on any atom is -0.316 e. The lowest BCUT2D eigenvalue weighted by molar-refractivity contribution is -0.384. The summed E-state index contributed by atoms with van der Waals surface area (Å²) in [5, 5.41) is 13.9. The van der Waals surface area contributed by atoms with E-state index in [0.29, 0.717) is 5.92 Å². The van der Waals surface area contributed by atoms with Crippen molar-refractivity contribution in [2.45, 2.75) is 12.3 Å². The van der Waals surface area contributed by atoms with Crippen LogP contribution in [0.4, 0.5) is 5.69 Å². The van der Waals surface area contributed by atoms with Crippen molar-refractivity contribution in [3.8, 4) is 0 Å². The molecular weight excluding hydrogens is 204 g/mol. The molecule has 0 aromatic heterocycles. The van der Waals surface area contributed by atoms with Crippen LogP contribution >= 0.6 is 0 Å². The summed E-state index contributed by atoms with van der Waals surface area (Å²) in [5.41, 5.74) is 1.44. The predicted molar refractivity (Wildman–Crippen MR) is 60.3 cm³/mol. The molecule has 1 saturated heterocycles. The van der Waals surface area contributed by atoms with E-state index in [1.807, 2.05) is 12.1 Å². The summed E-state index contributed by atoms with van der Waals surface area (Å²) in [6.07, 6.45) is 1.23. The third-order valence-electron chi connectivity index (χ3n) is 4.00. The Morgan fingerprint density at radius 2 is 2.00 bits per heavy atom. The molecule has 1 saturated carbocycles. The molecule has 1 aliphatic carbocycles. The highest BCUT2D eigenvalue weighted by Gasteiger charge is 2.44. The van der Waals surface area contributed by atoms with Crippen molar-refractivity contribution < 1.29 is 4.92 Å². The van der Waals surface area contributed by atoms with Crippen molar-refractivity contribution >= 4 is 5.69 Å². The van der Waals surface area contributed by atoms with E-state index in [0.717, 1.165) is 24.9 Å². The van der Waals surface area contributed by atoms with Crippen molar-refractivity contribution in [2.75, 3.05) is 13.1 Å². The molecule has 0 radical (unpaired) electrons. The van der Waals surface area contributed by atoms with Crippen LogP contribution in [-0.2, 0) is 0 Å². The summed E-state index contributed by atoms with van der Waals surface area (Å²) in [7, 11) is 0. The standard InChI is InChI=1S/C12H14N2O2/c15-14(16)10-3-1-8(2-4-10)11-5-9-6-13-7-12(9)11/h1-4,9,11-13H,5-7H2/t9-,11+,12-/m1/s1. The number of hydrogen-bond donors (Lipinski definition) is 1. The normalized spacial score (nSPS) is 31.9. The van der Waals surface area contributed by atoms with E-state index in [4.69, 9.17) is 0 Å². The monoisotopic (exact) mass is 218 g/mol. The van der Waals surface area contributed by atoms with Gasteiger partial charge in [0.15, 0.2) is 0 Å².